The van der Waals surface area contributed by atoms with E-state index in [-0.39, 0.29) is 46.3 Å². The molecule has 0 unspecified atom stereocenters. The molecule has 3 aromatic heterocycles. The second-order valence-electron chi connectivity index (χ2n) is 9.24. The summed E-state index contributed by atoms with van der Waals surface area (Å²) in [4.78, 5) is 45.6. The number of esters is 1. The van der Waals surface area contributed by atoms with Crippen LogP contribution in [0.3, 0.4) is 0 Å². The number of hydrogen-bond donors (Lipinski definition) is 1. The highest BCUT2D eigenvalue weighted by Crippen LogP contribution is 2.21. The van der Waals surface area contributed by atoms with E-state index in [1.165, 1.54) is 10.5 Å². The van der Waals surface area contributed by atoms with E-state index in [1.807, 2.05) is 24.3 Å². The Balaban J connectivity index is 1.59. The van der Waals surface area contributed by atoms with Gasteiger partial charge >= 0.3 is 5.97 Å². The van der Waals surface area contributed by atoms with Gasteiger partial charge in [-0.25, -0.2) is 4.98 Å². The number of fused-ring (bicyclic) bond motifs is 2. The third-order valence-electron chi connectivity index (χ3n) is 6.95. The van der Waals surface area contributed by atoms with Gasteiger partial charge < -0.3 is 18.9 Å². The molecule has 1 saturated heterocycles. The maximum absolute atomic E-state index is 13.7. The van der Waals surface area contributed by atoms with Crippen LogP contribution in [-0.4, -0.2) is 57.5 Å². The van der Waals surface area contributed by atoms with Crippen LogP contribution in [0, 0.1) is 11.3 Å². The number of amides is 1. The highest BCUT2D eigenvalue weighted by Gasteiger charge is 2.30. The number of benzene rings is 1. The first kappa shape index (κ1) is 25.2. The lowest BCUT2D eigenvalue weighted by Gasteiger charge is -2.31. The van der Waals surface area contributed by atoms with Crippen LogP contribution >= 0.6 is 0 Å². The molecule has 196 valence electrons. The third kappa shape index (κ3) is 4.65. The molecule has 10 nitrogen and oxygen atoms in total. The third-order valence-corrected chi connectivity index (χ3v) is 6.95. The normalized spacial score (nSPS) is 14.1. The molecular weight excluding hydrogens is 486 g/mol. The van der Waals surface area contributed by atoms with Crippen molar-refractivity contribution in [3.8, 4) is 5.75 Å². The van der Waals surface area contributed by atoms with Crippen molar-refractivity contribution in [3.63, 3.8) is 0 Å². The van der Waals surface area contributed by atoms with Crippen molar-refractivity contribution >= 4 is 28.6 Å². The predicted molar refractivity (Wildman–Crippen MR) is 140 cm³/mol. The SMILES string of the molecule is CCOC(=O)C1CCN(C(=O)c2cc3c(=O)n4ccccc4nc3n(Cc3ccc(OC)cc3)c2=N)CC1. The highest BCUT2D eigenvalue weighted by atomic mass is 16.5. The van der Waals surface area contributed by atoms with E-state index in [1.54, 1.807) is 47.9 Å². The van der Waals surface area contributed by atoms with Gasteiger partial charge in [0, 0.05) is 19.3 Å². The van der Waals surface area contributed by atoms with Gasteiger partial charge in [0.25, 0.3) is 11.5 Å². The molecule has 0 radical (unpaired) electrons. The predicted octanol–water partition coefficient (Wildman–Crippen LogP) is 2.60. The van der Waals surface area contributed by atoms with Crippen LogP contribution in [0.15, 0.2) is 59.5 Å². The van der Waals surface area contributed by atoms with Crippen LogP contribution in [0.2, 0.25) is 0 Å². The number of carbonyl (C=O) groups is 2. The number of hydrogen-bond acceptors (Lipinski definition) is 7. The van der Waals surface area contributed by atoms with Gasteiger partial charge in [0.1, 0.15) is 22.5 Å². The number of likely N-dealkylation sites (tertiary alicyclic amines) is 1. The summed E-state index contributed by atoms with van der Waals surface area (Å²) in [6.07, 6.45) is 2.62. The first-order chi connectivity index (χ1) is 18.4. The Morgan fingerprint density at radius 3 is 2.53 bits per heavy atom. The van der Waals surface area contributed by atoms with Crippen LogP contribution < -0.4 is 15.8 Å². The number of ether oxygens (including phenoxy) is 2. The van der Waals surface area contributed by atoms with Crippen molar-refractivity contribution in [2.75, 3.05) is 26.8 Å². The number of aromatic nitrogens is 3. The molecule has 0 atom stereocenters. The van der Waals surface area contributed by atoms with Crippen LogP contribution in [-0.2, 0) is 16.1 Å². The van der Waals surface area contributed by atoms with Gasteiger partial charge in [0.05, 0.1) is 37.1 Å². The Kier molecular flexibility index (Phi) is 6.95. The van der Waals surface area contributed by atoms with E-state index < -0.39 is 0 Å². The zero-order valence-corrected chi connectivity index (χ0v) is 21.3. The summed E-state index contributed by atoms with van der Waals surface area (Å²) in [7, 11) is 1.59. The quantitative estimate of drug-likeness (QED) is 0.312. The summed E-state index contributed by atoms with van der Waals surface area (Å²) in [5.74, 6) is -0.131. The van der Waals surface area contributed by atoms with Gasteiger partial charge in [-0.1, -0.05) is 18.2 Å². The van der Waals surface area contributed by atoms with E-state index in [4.69, 9.17) is 19.9 Å². The largest absolute Gasteiger partial charge is 0.497 e. The molecule has 4 aromatic rings. The summed E-state index contributed by atoms with van der Waals surface area (Å²) in [6, 6.07) is 14.1. The van der Waals surface area contributed by atoms with Crippen molar-refractivity contribution in [1.29, 1.82) is 5.41 Å². The minimum atomic E-state index is -0.347. The van der Waals surface area contributed by atoms with Crippen LogP contribution in [0.1, 0.15) is 35.7 Å². The smallest absolute Gasteiger partial charge is 0.309 e. The molecule has 5 rings (SSSR count). The summed E-state index contributed by atoms with van der Waals surface area (Å²) in [5.41, 5.74) is 1.42. The fourth-order valence-corrected chi connectivity index (χ4v) is 4.87. The number of piperidine rings is 1. The second kappa shape index (κ2) is 10.5. The lowest BCUT2D eigenvalue weighted by molar-refractivity contribution is -0.149. The van der Waals surface area contributed by atoms with Crippen LogP contribution in [0.4, 0.5) is 0 Å². The van der Waals surface area contributed by atoms with Crippen LogP contribution in [0.5, 0.6) is 5.75 Å². The molecule has 0 saturated carbocycles. The molecule has 38 heavy (non-hydrogen) atoms. The maximum Gasteiger partial charge on any atom is 0.309 e. The number of nitrogens with one attached hydrogen (secondary N) is 1. The van der Waals surface area contributed by atoms with E-state index in [0.29, 0.717) is 49.6 Å². The number of methoxy groups -OCH3 is 1. The molecule has 0 aliphatic carbocycles. The van der Waals surface area contributed by atoms with Crippen molar-refractivity contribution in [2.45, 2.75) is 26.3 Å². The highest BCUT2D eigenvalue weighted by molar-refractivity contribution is 5.97. The Labute approximate surface area is 218 Å². The van der Waals surface area contributed by atoms with Gasteiger partial charge in [0.2, 0.25) is 0 Å². The zero-order chi connectivity index (χ0) is 26.8. The number of carbonyl (C=O) groups excluding carboxylic acids is 2. The monoisotopic (exact) mass is 515 g/mol. The molecule has 1 aliphatic heterocycles. The van der Waals surface area contributed by atoms with Crippen molar-refractivity contribution in [2.24, 2.45) is 5.92 Å². The maximum atomic E-state index is 13.7. The zero-order valence-electron chi connectivity index (χ0n) is 21.3. The van der Waals surface area contributed by atoms with E-state index in [9.17, 15) is 14.4 Å². The Hall–Kier alpha value is -4.47. The lowest BCUT2D eigenvalue weighted by atomic mass is 9.96. The van der Waals surface area contributed by atoms with Crippen molar-refractivity contribution in [1.82, 2.24) is 18.9 Å². The standard InChI is InChI=1S/C28H29N5O5/c1-3-38-28(36)19-11-14-31(15-12-19)26(34)21-16-22-25(30-23-6-4-5-13-32(23)27(22)35)33(24(21)29)17-18-7-9-20(37-2)10-8-18/h4-10,13,16,19,29H,3,11-12,14-15,17H2,1-2H3. The topological polar surface area (TPSA) is 119 Å². The van der Waals surface area contributed by atoms with Gasteiger partial charge in [-0.3, -0.25) is 24.2 Å². The summed E-state index contributed by atoms with van der Waals surface area (Å²) in [6.45, 7) is 3.07. The van der Waals surface area contributed by atoms with Crippen molar-refractivity contribution < 1.29 is 19.1 Å². The molecule has 1 N–H and O–H groups in total. The summed E-state index contributed by atoms with van der Waals surface area (Å²) in [5, 5.41) is 9.27. The fraction of sp³-hybridized carbons (Fsp3) is 0.321. The van der Waals surface area contributed by atoms with E-state index in [0.717, 1.165) is 5.56 Å². The van der Waals surface area contributed by atoms with Crippen LogP contribution in [0.25, 0.3) is 16.7 Å². The Morgan fingerprint density at radius 2 is 1.84 bits per heavy atom. The Bertz CT molecular complexity index is 1630. The minimum absolute atomic E-state index is 0.0296. The molecule has 10 heteroatoms. The number of nitrogens with zero attached hydrogens (tertiary/aromatic N) is 4. The first-order valence-corrected chi connectivity index (χ1v) is 12.6. The van der Waals surface area contributed by atoms with Gasteiger partial charge in [-0.05, 0) is 55.7 Å². The molecule has 0 spiro atoms. The van der Waals surface area contributed by atoms with Gasteiger partial charge in [0.15, 0.2) is 0 Å². The van der Waals surface area contributed by atoms with E-state index in [2.05, 4.69) is 0 Å². The molecular formula is C28H29N5O5. The average Bonchev–Trinajstić information content (AvgIpc) is 2.95. The van der Waals surface area contributed by atoms with Crippen molar-refractivity contribution in [3.05, 3.63) is 81.7 Å². The fourth-order valence-electron chi connectivity index (χ4n) is 4.87. The molecule has 1 amide bonds. The summed E-state index contributed by atoms with van der Waals surface area (Å²) < 4.78 is 13.4. The average molecular weight is 516 g/mol. The minimum Gasteiger partial charge on any atom is -0.497 e. The molecule has 1 aromatic carbocycles. The molecule has 1 fully saturated rings. The van der Waals surface area contributed by atoms with Gasteiger partial charge in [-0.15, -0.1) is 0 Å². The number of rotatable bonds is 6. The van der Waals surface area contributed by atoms with E-state index >= 15 is 0 Å². The first-order valence-electron chi connectivity index (χ1n) is 12.6. The van der Waals surface area contributed by atoms with Gasteiger partial charge in [-0.2, -0.15) is 0 Å². The summed E-state index contributed by atoms with van der Waals surface area (Å²) >= 11 is 0. The lowest BCUT2D eigenvalue weighted by Crippen LogP contribution is -2.43. The number of pyridine rings is 2. The molecule has 0 bridgehead atoms. The Morgan fingerprint density at radius 1 is 1.11 bits per heavy atom. The molecule has 1 aliphatic rings. The second-order valence-corrected chi connectivity index (χ2v) is 9.24. The molecule has 4 heterocycles.